The zero-order valence-corrected chi connectivity index (χ0v) is 18.1. The van der Waals surface area contributed by atoms with Crippen molar-refractivity contribution in [2.75, 3.05) is 0 Å². The van der Waals surface area contributed by atoms with Crippen LogP contribution in [-0.2, 0) is 11.3 Å². The number of esters is 1. The number of hydrogen-bond acceptors (Lipinski definition) is 3. The third-order valence-electron chi connectivity index (χ3n) is 3.75. The van der Waals surface area contributed by atoms with Crippen LogP contribution in [0.4, 0.5) is 0 Å². The van der Waals surface area contributed by atoms with Crippen LogP contribution >= 0.6 is 47.8 Å². The van der Waals surface area contributed by atoms with Gasteiger partial charge in [-0.1, -0.05) is 48.5 Å². The molecule has 0 aliphatic carbocycles. The van der Waals surface area contributed by atoms with Gasteiger partial charge in [0.15, 0.2) is 6.20 Å². The fraction of sp³-hybridized carbons (Fsp3) is 0.105. The normalized spacial score (nSPS) is 11.3. The van der Waals surface area contributed by atoms with Gasteiger partial charge in [0.1, 0.15) is 0 Å². The van der Waals surface area contributed by atoms with Gasteiger partial charge in [-0.05, 0) is 59.2 Å². The second-order valence-electron chi connectivity index (χ2n) is 5.50. The van der Waals surface area contributed by atoms with Gasteiger partial charge in [-0.2, -0.15) is 4.57 Å². The minimum Gasteiger partial charge on any atom is -0.419 e. The second kappa shape index (κ2) is 7.98. The maximum absolute atomic E-state index is 12.8. The molecule has 0 spiro atoms. The second-order valence-corrected chi connectivity index (χ2v) is 12.0. The highest BCUT2D eigenvalue weighted by Gasteiger charge is 2.32. The maximum Gasteiger partial charge on any atom is 0.407 e. The lowest BCUT2D eigenvalue weighted by Crippen LogP contribution is -2.44. The number of ether oxygens (including phenoxy) is 1. The molecule has 0 fully saturated rings. The Bertz CT molecular complexity index is 969. The van der Waals surface area contributed by atoms with Crippen LogP contribution in [0.5, 0.6) is 0 Å². The van der Waals surface area contributed by atoms with Gasteiger partial charge in [-0.25, -0.2) is 4.79 Å². The number of benzene rings is 2. The van der Waals surface area contributed by atoms with Crippen LogP contribution in [-0.4, -0.2) is 14.1 Å². The first-order chi connectivity index (χ1) is 12.3. The molecule has 0 radical (unpaired) electrons. The molecule has 26 heavy (non-hydrogen) atoms. The van der Waals surface area contributed by atoms with Crippen molar-refractivity contribution in [2.24, 2.45) is 0 Å². The van der Waals surface area contributed by atoms with E-state index in [-0.39, 0.29) is 12.3 Å². The molecule has 0 aliphatic rings. The monoisotopic (exact) mass is 540 g/mol. The standard InChI is InChI=1S/C19H13Br3NO3/c20-19(21,22)26-18(25)17-15-9-5-4-6-13(15)10-11-23(17)12-16(24)14-7-2-1-3-8-14/h1-11H,12H2/q+1. The molecule has 0 saturated heterocycles. The highest BCUT2D eigenvalue weighted by atomic mass is 80.0. The lowest BCUT2D eigenvalue weighted by atomic mass is 10.1. The van der Waals surface area contributed by atoms with Crippen molar-refractivity contribution in [3.63, 3.8) is 0 Å². The maximum atomic E-state index is 12.8. The number of aromatic nitrogens is 1. The van der Waals surface area contributed by atoms with Gasteiger partial charge in [0, 0.05) is 11.6 Å². The van der Waals surface area contributed by atoms with E-state index >= 15 is 0 Å². The molecule has 3 rings (SSSR count). The van der Waals surface area contributed by atoms with Gasteiger partial charge in [-0.15, -0.1) is 0 Å². The molecule has 7 heteroatoms. The number of carbonyl (C=O) groups is 2. The van der Waals surface area contributed by atoms with Crippen molar-refractivity contribution in [3.8, 4) is 0 Å². The predicted octanol–water partition coefficient (Wildman–Crippen LogP) is 4.96. The van der Waals surface area contributed by atoms with E-state index in [4.69, 9.17) is 4.74 Å². The van der Waals surface area contributed by atoms with Gasteiger partial charge in [-0.3, -0.25) is 4.79 Å². The Balaban J connectivity index is 2.05. The van der Waals surface area contributed by atoms with Gasteiger partial charge < -0.3 is 4.74 Å². The number of carbonyl (C=O) groups excluding carboxylic acids is 2. The number of Topliss-reactive ketones (excluding diaryl/α,β-unsaturated/α-hetero) is 1. The van der Waals surface area contributed by atoms with Crippen LogP contribution in [0, 0.1) is 0 Å². The molecule has 0 unspecified atom stereocenters. The third-order valence-corrected chi connectivity index (χ3v) is 4.23. The van der Waals surface area contributed by atoms with Crippen LogP contribution in [0.1, 0.15) is 20.8 Å². The van der Waals surface area contributed by atoms with E-state index < -0.39 is 8.30 Å². The number of fused-ring (bicyclic) bond motifs is 1. The van der Waals surface area contributed by atoms with E-state index in [9.17, 15) is 9.59 Å². The molecule has 1 heterocycles. The van der Waals surface area contributed by atoms with Crippen molar-refractivity contribution in [1.82, 2.24) is 0 Å². The van der Waals surface area contributed by atoms with E-state index in [0.717, 1.165) is 5.39 Å². The Morgan fingerprint density at radius 3 is 2.27 bits per heavy atom. The lowest BCUT2D eigenvalue weighted by molar-refractivity contribution is -0.684. The fourth-order valence-corrected chi connectivity index (χ4v) is 3.08. The number of ketones is 1. The Hall–Kier alpha value is -1.57. The Morgan fingerprint density at radius 1 is 0.923 bits per heavy atom. The first-order valence-electron chi connectivity index (χ1n) is 7.65. The Kier molecular flexibility index (Phi) is 5.89. The SMILES string of the molecule is O=C(C[n+]1ccc2ccccc2c1C(=O)OC(Br)(Br)Br)c1ccccc1. The van der Waals surface area contributed by atoms with Gasteiger partial charge in [0.25, 0.3) is 8.02 Å². The first-order valence-corrected chi connectivity index (χ1v) is 10.0. The molecule has 0 bridgehead atoms. The molecule has 1 aromatic heterocycles. The minimum atomic E-state index is -1.18. The van der Waals surface area contributed by atoms with Crippen LogP contribution in [0.25, 0.3) is 10.8 Å². The van der Waals surface area contributed by atoms with E-state index in [0.29, 0.717) is 16.6 Å². The summed E-state index contributed by atoms with van der Waals surface area (Å²) in [7, 11) is 0. The van der Waals surface area contributed by atoms with Gasteiger partial charge in [0.2, 0.25) is 12.3 Å². The molecule has 132 valence electrons. The number of rotatable bonds is 4. The summed E-state index contributed by atoms with van der Waals surface area (Å²) >= 11 is 9.50. The highest BCUT2D eigenvalue weighted by molar-refractivity contribution is 9.39. The topological polar surface area (TPSA) is 47.2 Å². The van der Waals surface area contributed by atoms with Gasteiger partial charge >= 0.3 is 5.97 Å². The Labute approximate surface area is 175 Å². The number of hydrogen-bond donors (Lipinski definition) is 0. The summed E-state index contributed by atoms with van der Waals surface area (Å²) in [6.07, 6.45) is 1.72. The first kappa shape index (κ1) is 19.2. The van der Waals surface area contributed by atoms with E-state index in [2.05, 4.69) is 47.8 Å². The smallest absolute Gasteiger partial charge is 0.407 e. The zero-order chi connectivity index (χ0) is 18.7. The number of alkyl halides is 3. The quantitative estimate of drug-likeness (QED) is 0.203. The van der Waals surface area contributed by atoms with Crippen molar-refractivity contribution in [1.29, 1.82) is 0 Å². The summed E-state index contributed by atoms with van der Waals surface area (Å²) in [4.78, 5) is 25.4. The fourth-order valence-electron chi connectivity index (χ4n) is 2.64. The summed E-state index contributed by atoms with van der Waals surface area (Å²) < 4.78 is 5.77. The van der Waals surface area contributed by atoms with Crippen LogP contribution in [0.3, 0.4) is 0 Å². The summed E-state index contributed by atoms with van der Waals surface area (Å²) in [6, 6.07) is 18.3. The van der Waals surface area contributed by atoms with Crippen LogP contribution in [0.2, 0.25) is 0 Å². The molecule has 4 nitrogen and oxygen atoms in total. The highest BCUT2D eigenvalue weighted by Crippen LogP contribution is 2.35. The average Bonchev–Trinajstić information content (AvgIpc) is 2.60. The average molecular weight is 543 g/mol. The molecule has 0 atom stereocenters. The third kappa shape index (κ3) is 4.58. The van der Waals surface area contributed by atoms with E-state index in [1.807, 2.05) is 48.5 Å². The predicted molar refractivity (Wildman–Crippen MR) is 110 cm³/mol. The van der Waals surface area contributed by atoms with Crippen molar-refractivity contribution >= 4 is 70.3 Å². The molecule has 0 aliphatic heterocycles. The number of pyridine rings is 1. The zero-order valence-electron chi connectivity index (χ0n) is 13.4. The van der Waals surface area contributed by atoms with E-state index in [1.54, 1.807) is 22.9 Å². The summed E-state index contributed by atoms with van der Waals surface area (Å²) in [5.41, 5.74) is 0.887. The molecular weight excluding hydrogens is 530 g/mol. The molecular formula is C19H13Br3NO3+. The van der Waals surface area contributed by atoms with Crippen molar-refractivity contribution in [2.45, 2.75) is 8.87 Å². The summed E-state index contributed by atoms with van der Waals surface area (Å²) in [5.74, 6) is -0.670. The number of halogens is 3. The van der Waals surface area contributed by atoms with Gasteiger partial charge in [0.05, 0.1) is 5.39 Å². The summed E-state index contributed by atoms with van der Waals surface area (Å²) in [5, 5.41) is 1.59. The molecule has 0 N–H and O–H groups in total. The van der Waals surface area contributed by atoms with E-state index in [1.165, 1.54) is 0 Å². The summed E-state index contributed by atoms with van der Waals surface area (Å²) in [6.45, 7) is 0.0269. The molecule has 0 saturated carbocycles. The largest absolute Gasteiger partial charge is 0.419 e. The minimum absolute atomic E-state index is 0.0269. The molecule has 3 aromatic rings. The lowest BCUT2D eigenvalue weighted by Gasteiger charge is -2.13. The Morgan fingerprint density at radius 2 is 1.58 bits per heavy atom. The van der Waals surface area contributed by atoms with Crippen molar-refractivity contribution in [3.05, 3.63) is 78.1 Å². The molecule has 0 amide bonds. The number of nitrogens with zero attached hydrogens (tertiary/aromatic N) is 1. The van der Waals surface area contributed by atoms with Crippen molar-refractivity contribution < 1.29 is 18.9 Å². The van der Waals surface area contributed by atoms with Crippen LogP contribution < -0.4 is 4.57 Å². The van der Waals surface area contributed by atoms with Crippen LogP contribution in [0.15, 0.2) is 66.9 Å². The molecule has 2 aromatic carbocycles.